The number of hydrogen-bond acceptors (Lipinski definition) is 6. The van der Waals surface area contributed by atoms with Gasteiger partial charge in [-0.2, -0.15) is 5.26 Å². The summed E-state index contributed by atoms with van der Waals surface area (Å²) in [5, 5.41) is 17.0. The second-order valence-corrected chi connectivity index (χ2v) is 8.75. The molecule has 0 radical (unpaired) electrons. The van der Waals surface area contributed by atoms with E-state index in [0.717, 1.165) is 42.3 Å². The number of aromatic nitrogens is 1. The smallest absolute Gasteiger partial charge is 0.273 e. The Hall–Kier alpha value is -3.96. The van der Waals surface area contributed by atoms with Gasteiger partial charge >= 0.3 is 0 Å². The number of likely N-dealkylation sites (N-methyl/N-ethyl adjacent to an activating group) is 1. The number of likely N-dealkylation sites (tertiary alicyclic amines) is 1. The minimum atomic E-state index is -0.657. The number of nitriles is 1. The molecule has 35 heavy (non-hydrogen) atoms. The number of ether oxygens (including phenoxy) is 1. The second kappa shape index (κ2) is 10.5. The highest BCUT2D eigenvalue weighted by molar-refractivity contribution is 5.99. The summed E-state index contributed by atoms with van der Waals surface area (Å²) in [4.78, 5) is 19.4. The number of halogens is 1. The van der Waals surface area contributed by atoms with Gasteiger partial charge in [0.25, 0.3) is 5.91 Å². The van der Waals surface area contributed by atoms with Gasteiger partial charge in [-0.1, -0.05) is 24.8 Å². The number of rotatable bonds is 7. The Morgan fingerprint density at radius 3 is 2.86 bits per heavy atom. The molecule has 0 unspecified atom stereocenters. The molecule has 2 N–H and O–H groups in total. The first-order chi connectivity index (χ1) is 16.9. The zero-order valence-corrected chi connectivity index (χ0v) is 19.9. The maximum Gasteiger partial charge on any atom is 0.273 e. The van der Waals surface area contributed by atoms with E-state index in [0.29, 0.717) is 22.7 Å². The lowest BCUT2D eigenvalue weighted by molar-refractivity contribution is 0.0903. The Labute approximate surface area is 204 Å². The van der Waals surface area contributed by atoms with Crippen LogP contribution in [0.5, 0.6) is 5.75 Å². The number of pyridine rings is 1. The molecule has 4 rings (SSSR count). The minimum Gasteiger partial charge on any atom is -0.495 e. The van der Waals surface area contributed by atoms with Gasteiger partial charge in [-0.05, 0) is 56.1 Å². The van der Waals surface area contributed by atoms with E-state index >= 15 is 0 Å². The molecule has 1 fully saturated rings. The Morgan fingerprint density at radius 1 is 1.31 bits per heavy atom. The monoisotopic (exact) mass is 473 g/mol. The molecule has 180 valence electrons. The highest BCUT2D eigenvalue weighted by Crippen LogP contribution is 2.35. The number of piperidine rings is 1. The van der Waals surface area contributed by atoms with Crippen LogP contribution in [0.25, 0.3) is 22.0 Å². The molecule has 1 aliphatic rings. The first-order valence-corrected chi connectivity index (χ1v) is 11.5. The van der Waals surface area contributed by atoms with E-state index in [-0.39, 0.29) is 18.3 Å². The maximum absolute atomic E-state index is 14.6. The van der Waals surface area contributed by atoms with Gasteiger partial charge < -0.3 is 20.3 Å². The van der Waals surface area contributed by atoms with Crippen molar-refractivity contribution in [3.8, 4) is 23.1 Å². The van der Waals surface area contributed by atoms with Crippen LogP contribution in [-0.4, -0.2) is 55.6 Å². The van der Waals surface area contributed by atoms with Gasteiger partial charge in [0.05, 0.1) is 24.6 Å². The maximum atomic E-state index is 14.6. The molecule has 1 atom stereocenters. The normalized spacial score (nSPS) is 15.9. The van der Waals surface area contributed by atoms with Crippen LogP contribution in [0.15, 0.2) is 54.6 Å². The van der Waals surface area contributed by atoms with E-state index in [9.17, 15) is 9.18 Å². The van der Waals surface area contributed by atoms with Gasteiger partial charge in [-0.15, -0.1) is 0 Å². The predicted molar refractivity (Wildman–Crippen MR) is 135 cm³/mol. The summed E-state index contributed by atoms with van der Waals surface area (Å²) in [5.41, 5.74) is 2.09. The molecule has 1 aliphatic heterocycles. The largest absolute Gasteiger partial charge is 0.495 e. The fourth-order valence-corrected chi connectivity index (χ4v) is 4.35. The molecule has 8 heteroatoms. The van der Waals surface area contributed by atoms with E-state index < -0.39 is 11.7 Å². The van der Waals surface area contributed by atoms with Crippen LogP contribution in [0.4, 0.5) is 10.1 Å². The standard InChI is InChI=1S/C27H28FN5O2/c1-17(14-29)15-30-25-21-13-19(7-6-18(21)8-11-24(25)35-3)23-10-9-22(28)26(32-23)27(34)31-20-5-4-12-33(2)16-20/h6-11,13,20,30H,1,4-5,12,15-16H2,2-3H3,(H,31,34)/t20-/m1/s1. The van der Waals surface area contributed by atoms with Crippen molar-refractivity contribution in [2.75, 3.05) is 39.1 Å². The molecular formula is C27H28FN5O2. The number of carbonyl (C=O) groups excluding carboxylic acids is 1. The fourth-order valence-electron chi connectivity index (χ4n) is 4.35. The van der Waals surface area contributed by atoms with E-state index in [1.165, 1.54) is 6.07 Å². The number of nitrogens with zero attached hydrogens (tertiary/aromatic N) is 3. The molecule has 1 aromatic heterocycles. The van der Waals surface area contributed by atoms with Crippen LogP contribution in [0.3, 0.4) is 0 Å². The molecular weight excluding hydrogens is 445 g/mol. The lowest BCUT2D eigenvalue weighted by Crippen LogP contribution is -2.46. The topological polar surface area (TPSA) is 90.3 Å². The summed E-state index contributed by atoms with van der Waals surface area (Å²) in [6, 6.07) is 14.3. The minimum absolute atomic E-state index is 0.0314. The van der Waals surface area contributed by atoms with Crippen molar-refractivity contribution < 1.29 is 13.9 Å². The highest BCUT2D eigenvalue weighted by atomic mass is 19.1. The molecule has 0 spiro atoms. The number of nitrogens with one attached hydrogen (secondary N) is 2. The van der Waals surface area contributed by atoms with E-state index in [1.807, 2.05) is 43.4 Å². The summed E-state index contributed by atoms with van der Waals surface area (Å²) in [5.74, 6) is -0.551. The molecule has 2 aromatic carbocycles. The lowest BCUT2D eigenvalue weighted by Gasteiger charge is -2.30. The third-order valence-electron chi connectivity index (χ3n) is 6.16. The van der Waals surface area contributed by atoms with Crippen molar-refractivity contribution in [2.24, 2.45) is 0 Å². The molecule has 0 bridgehead atoms. The SMILES string of the molecule is C=C(C#N)CNc1c(OC)ccc2ccc(-c3ccc(F)c(C(=O)N[C@@H]4CCCN(C)C4)n3)cc12. The van der Waals surface area contributed by atoms with Crippen LogP contribution < -0.4 is 15.4 Å². The van der Waals surface area contributed by atoms with E-state index in [1.54, 1.807) is 13.2 Å². The summed E-state index contributed by atoms with van der Waals surface area (Å²) < 4.78 is 20.1. The zero-order valence-electron chi connectivity index (χ0n) is 19.9. The van der Waals surface area contributed by atoms with Gasteiger partial charge in [0, 0.05) is 35.7 Å². The van der Waals surface area contributed by atoms with Gasteiger partial charge in [-0.25, -0.2) is 9.37 Å². The molecule has 1 amide bonds. The third-order valence-corrected chi connectivity index (χ3v) is 6.16. The van der Waals surface area contributed by atoms with Crippen LogP contribution >= 0.6 is 0 Å². The Kier molecular flexibility index (Phi) is 7.28. The average Bonchev–Trinajstić information content (AvgIpc) is 2.86. The number of benzene rings is 2. The Balaban J connectivity index is 1.67. The molecule has 0 saturated carbocycles. The molecule has 3 aromatic rings. The van der Waals surface area contributed by atoms with Crippen molar-refractivity contribution in [1.29, 1.82) is 5.26 Å². The van der Waals surface area contributed by atoms with Crippen molar-refractivity contribution in [1.82, 2.24) is 15.2 Å². The number of amides is 1. The van der Waals surface area contributed by atoms with Crippen molar-refractivity contribution in [3.63, 3.8) is 0 Å². The van der Waals surface area contributed by atoms with Crippen molar-refractivity contribution in [3.05, 3.63) is 66.1 Å². The molecule has 7 nitrogen and oxygen atoms in total. The highest BCUT2D eigenvalue weighted by Gasteiger charge is 2.22. The van der Waals surface area contributed by atoms with Crippen LogP contribution in [0, 0.1) is 17.1 Å². The van der Waals surface area contributed by atoms with Crippen molar-refractivity contribution >= 4 is 22.4 Å². The van der Waals surface area contributed by atoms with Gasteiger partial charge in [0.2, 0.25) is 0 Å². The molecule has 0 aliphatic carbocycles. The van der Waals surface area contributed by atoms with E-state index in [4.69, 9.17) is 10.00 Å². The number of anilines is 1. The summed E-state index contributed by atoms with van der Waals surface area (Å²) in [6.07, 6.45) is 1.84. The first-order valence-electron chi connectivity index (χ1n) is 11.5. The van der Waals surface area contributed by atoms with Crippen LogP contribution in [0.2, 0.25) is 0 Å². The first kappa shape index (κ1) is 24.2. The van der Waals surface area contributed by atoms with Crippen LogP contribution in [0.1, 0.15) is 23.3 Å². The summed E-state index contributed by atoms with van der Waals surface area (Å²) >= 11 is 0. The van der Waals surface area contributed by atoms with E-state index in [2.05, 4.69) is 27.1 Å². The summed E-state index contributed by atoms with van der Waals surface area (Å²) in [6.45, 7) is 5.71. The second-order valence-electron chi connectivity index (χ2n) is 8.75. The summed E-state index contributed by atoms with van der Waals surface area (Å²) in [7, 11) is 3.58. The number of carbonyl (C=O) groups is 1. The molecule has 1 saturated heterocycles. The Bertz CT molecular complexity index is 1320. The number of methoxy groups -OCH3 is 1. The fraction of sp³-hybridized carbons (Fsp3) is 0.296. The van der Waals surface area contributed by atoms with Crippen molar-refractivity contribution in [2.45, 2.75) is 18.9 Å². The van der Waals surface area contributed by atoms with Gasteiger partial charge in [-0.3, -0.25) is 4.79 Å². The van der Waals surface area contributed by atoms with Gasteiger partial charge in [0.1, 0.15) is 5.75 Å². The quantitative estimate of drug-likeness (QED) is 0.496. The van der Waals surface area contributed by atoms with Gasteiger partial charge in [0.15, 0.2) is 11.5 Å². The van der Waals surface area contributed by atoms with Crippen LogP contribution in [-0.2, 0) is 0 Å². The Morgan fingerprint density at radius 2 is 2.11 bits per heavy atom. The average molecular weight is 474 g/mol. The number of fused-ring (bicyclic) bond motifs is 1. The third kappa shape index (κ3) is 5.42. The number of hydrogen-bond donors (Lipinski definition) is 2. The zero-order chi connectivity index (χ0) is 24.9. The molecule has 2 heterocycles. The lowest BCUT2D eigenvalue weighted by atomic mass is 10.0. The predicted octanol–water partition coefficient (Wildman–Crippen LogP) is 4.37.